The Kier molecular flexibility index (Phi) is 7.77. The Balaban J connectivity index is 2.84. The van der Waals surface area contributed by atoms with Crippen molar-refractivity contribution < 1.29 is 0 Å². The van der Waals surface area contributed by atoms with E-state index in [2.05, 4.69) is 58.6 Å². The second kappa shape index (κ2) is 8.80. The van der Waals surface area contributed by atoms with Crippen molar-refractivity contribution in [2.24, 2.45) is 11.7 Å². The van der Waals surface area contributed by atoms with Crippen LogP contribution < -0.4 is 5.73 Å². The number of likely N-dealkylation sites (N-methyl/N-ethyl adjacent to an activating group) is 1. The highest BCUT2D eigenvalue weighted by Gasteiger charge is 2.23. The van der Waals surface area contributed by atoms with E-state index < -0.39 is 0 Å². The molecule has 0 saturated heterocycles. The summed E-state index contributed by atoms with van der Waals surface area (Å²) in [5.41, 5.74) is 7.69. The van der Waals surface area contributed by atoms with Crippen LogP contribution in [0.5, 0.6) is 0 Å². The Morgan fingerprint density at radius 2 is 2.10 bits per heavy atom. The van der Waals surface area contributed by atoms with Crippen molar-refractivity contribution in [3.8, 4) is 0 Å². The molecule has 2 atom stereocenters. The molecular formula is C15H29BrN4. The van der Waals surface area contributed by atoms with Gasteiger partial charge in [0.1, 0.15) is 0 Å². The Hall–Kier alpha value is -0.390. The number of halogens is 1. The predicted octanol–water partition coefficient (Wildman–Crippen LogP) is 3.42. The fourth-order valence-corrected chi connectivity index (χ4v) is 3.06. The van der Waals surface area contributed by atoms with Gasteiger partial charge in [0.05, 0.1) is 29.0 Å². The van der Waals surface area contributed by atoms with Gasteiger partial charge in [0.15, 0.2) is 0 Å². The molecule has 2 N–H and O–H groups in total. The summed E-state index contributed by atoms with van der Waals surface area (Å²) in [5, 5.41) is 4.47. The van der Waals surface area contributed by atoms with E-state index in [9.17, 15) is 0 Å². The van der Waals surface area contributed by atoms with E-state index in [1.54, 1.807) is 0 Å². The number of rotatable bonds is 9. The number of nitrogens with zero attached hydrogens (tertiary/aromatic N) is 3. The van der Waals surface area contributed by atoms with Gasteiger partial charge in [0.2, 0.25) is 0 Å². The zero-order chi connectivity index (χ0) is 15.1. The van der Waals surface area contributed by atoms with Gasteiger partial charge in [-0.25, -0.2) is 0 Å². The zero-order valence-corrected chi connectivity index (χ0v) is 14.9. The smallest absolute Gasteiger partial charge is 0.0696 e. The molecule has 1 heterocycles. The van der Waals surface area contributed by atoms with Crippen molar-refractivity contribution in [3.63, 3.8) is 0 Å². The minimum atomic E-state index is 0.0607. The summed E-state index contributed by atoms with van der Waals surface area (Å²) >= 11 is 3.61. The lowest BCUT2D eigenvalue weighted by Gasteiger charge is -2.24. The number of unbranched alkanes of at least 4 members (excludes halogenated alkanes) is 1. The molecule has 2 unspecified atom stereocenters. The van der Waals surface area contributed by atoms with Crippen LogP contribution in [0.3, 0.4) is 0 Å². The first-order chi connectivity index (χ1) is 9.51. The quantitative estimate of drug-likeness (QED) is 0.746. The van der Waals surface area contributed by atoms with Crippen molar-refractivity contribution >= 4 is 15.9 Å². The van der Waals surface area contributed by atoms with Crippen LogP contribution in [0.4, 0.5) is 0 Å². The second-order valence-electron chi connectivity index (χ2n) is 5.74. The third-order valence-corrected chi connectivity index (χ3v) is 4.48. The SMILES string of the molecule is CCCCC(CC)C(N)c1c(Br)cnn1CCN(C)C. The molecule has 5 heteroatoms. The number of hydrogen-bond acceptors (Lipinski definition) is 3. The molecule has 1 aromatic heterocycles. The van der Waals surface area contributed by atoms with Crippen LogP contribution in [0.1, 0.15) is 51.3 Å². The van der Waals surface area contributed by atoms with Crippen LogP contribution in [-0.2, 0) is 6.54 Å². The van der Waals surface area contributed by atoms with Crippen molar-refractivity contribution in [1.82, 2.24) is 14.7 Å². The average molecular weight is 345 g/mol. The van der Waals surface area contributed by atoms with E-state index in [4.69, 9.17) is 5.73 Å². The van der Waals surface area contributed by atoms with Gasteiger partial charge >= 0.3 is 0 Å². The highest BCUT2D eigenvalue weighted by molar-refractivity contribution is 9.10. The van der Waals surface area contributed by atoms with Crippen LogP contribution in [-0.4, -0.2) is 35.3 Å². The molecule has 1 rings (SSSR count). The molecule has 0 aromatic carbocycles. The predicted molar refractivity (Wildman–Crippen MR) is 88.7 cm³/mol. The maximum absolute atomic E-state index is 6.54. The molecule has 0 amide bonds. The lowest BCUT2D eigenvalue weighted by Crippen LogP contribution is -2.27. The van der Waals surface area contributed by atoms with E-state index >= 15 is 0 Å². The third-order valence-electron chi connectivity index (χ3n) is 3.87. The molecular weight excluding hydrogens is 316 g/mol. The first-order valence-electron chi connectivity index (χ1n) is 7.62. The second-order valence-corrected chi connectivity index (χ2v) is 6.59. The molecule has 0 aliphatic heterocycles. The molecule has 0 radical (unpaired) electrons. The molecule has 0 aliphatic carbocycles. The molecule has 0 aliphatic rings. The lowest BCUT2D eigenvalue weighted by atomic mass is 9.90. The summed E-state index contributed by atoms with van der Waals surface area (Å²) in [6.07, 6.45) is 6.66. The van der Waals surface area contributed by atoms with Crippen molar-refractivity contribution in [1.29, 1.82) is 0 Å². The molecule has 20 heavy (non-hydrogen) atoms. The van der Waals surface area contributed by atoms with E-state index in [1.165, 1.54) is 19.3 Å². The number of nitrogens with two attached hydrogens (primary N) is 1. The maximum Gasteiger partial charge on any atom is 0.0696 e. The average Bonchev–Trinajstić information content (AvgIpc) is 2.78. The van der Waals surface area contributed by atoms with Crippen LogP contribution in [0, 0.1) is 5.92 Å². The first-order valence-corrected chi connectivity index (χ1v) is 8.42. The monoisotopic (exact) mass is 344 g/mol. The van der Waals surface area contributed by atoms with E-state index in [0.29, 0.717) is 5.92 Å². The summed E-state index contributed by atoms with van der Waals surface area (Å²) < 4.78 is 3.10. The van der Waals surface area contributed by atoms with E-state index in [0.717, 1.165) is 29.7 Å². The molecule has 0 fully saturated rings. The Bertz CT molecular complexity index is 389. The van der Waals surface area contributed by atoms with Gasteiger partial charge in [-0.1, -0.05) is 33.1 Å². The van der Waals surface area contributed by atoms with Crippen molar-refractivity contribution in [2.75, 3.05) is 20.6 Å². The van der Waals surface area contributed by atoms with E-state index in [1.807, 2.05) is 6.20 Å². The standard InChI is InChI=1S/C15H29BrN4/c1-5-7-8-12(6-2)14(17)15-13(16)11-18-20(15)10-9-19(3)4/h11-12,14H,5-10,17H2,1-4H3. The van der Waals surface area contributed by atoms with Crippen LogP contribution in [0.25, 0.3) is 0 Å². The molecule has 116 valence electrons. The highest BCUT2D eigenvalue weighted by atomic mass is 79.9. The Morgan fingerprint density at radius 3 is 2.65 bits per heavy atom. The minimum absolute atomic E-state index is 0.0607. The molecule has 0 saturated carbocycles. The number of hydrogen-bond donors (Lipinski definition) is 1. The first kappa shape index (κ1) is 17.7. The highest BCUT2D eigenvalue weighted by Crippen LogP contribution is 2.31. The van der Waals surface area contributed by atoms with Crippen LogP contribution in [0.2, 0.25) is 0 Å². The topological polar surface area (TPSA) is 47.1 Å². The summed E-state index contributed by atoms with van der Waals surface area (Å²) in [5.74, 6) is 0.529. The Labute approximate surface area is 131 Å². The van der Waals surface area contributed by atoms with Gasteiger partial charge in [-0.15, -0.1) is 0 Å². The largest absolute Gasteiger partial charge is 0.322 e. The zero-order valence-electron chi connectivity index (χ0n) is 13.3. The molecule has 1 aromatic rings. The lowest BCUT2D eigenvalue weighted by molar-refractivity contribution is 0.337. The molecule has 4 nitrogen and oxygen atoms in total. The van der Waals surface area contributed by atoms with Gasteiger partial charge in [-0.05, 0) is 42.4 Å². The fourth-order valence-electron chi connectivity index (χ4n) is 2.50. The van der Waals surface area contributed by atoms with Gasteiger partial charge < -0.3 is 10.6 Å². The van der Waals surface area contributed by atoms with Gasteiger partial charge in [-0.3, -0.25) is 4.68 Å². The fraction of sp³-hybridized carbons (Fsp3) is 0.800. The van der Waals surface area contributed by atoms with Crippen molar-refractivity contribution in [3.05, 3.63) is 16.4 Å². The maximum atomic E-state index is 6.54. The summed E-state index contributed by atoms with van der Waals surface area (Å²) in [6.45, 7) is 6.32. The number of aromatic nitrogens is 2. The summed E-state index contributed by atoms with van der Waals surface area (Å²) in [7, 11) is 4.16. The summed E-state index contributed by atoms with van der Waals surface area (Å²) in [4.78, 5) is 2.17. The summed E-state index contributed by atoms with van der Waals surface area (Å²) in [6, 6.07) is 0.0607. The van der Waals surface area contributed by atoms with Gasteiger partial charge in [-0.2, -0.15) is 5.10 Å². The Morgan fingerprint density at radius 1 is 1.40 bits per heavy atom. The van der Waals surface area contributed by atoms with Gasteiger partial charge in [0.25, 0.3) is 0 Å². The normalized spacial score (nSPS) is 14.8. The van der Waals surface area contributed by atoms with E-state index in [-0.39, 0.29) is 6.04 Å². The molecule has 0 bridgehead atoms. The van der Waals surface area contributed by atoms with Crippen LogP contribution in [0.15, 0.2) is 10.7 Å². The van der Waals surface area contributed by atoms with Crippen LogP contribution >= 0.6 is 15.9 Å². The minimum Gasteiger partial charge on any atom is -0.322 e. The van der Waals surface area contributed by atoms with Crippen molar-refractivity contribution in [2.45, 2.75) is 52.1 Å². The third kappa shape index (κ3) is 4.86. The molecule has 0 spiro atoms. The van der Waals surface area contributed by atoms with Gasteiger partial charge in [0, 0.05) is 6.54 Å².